The third-order valence-electron chi connectivity index (χ3n) is 4.03. The summed E-state index contributed by atoms with van der Waals surface area (Å²) in [4.78, 5) is 4.62. The van der Waals surface area contributed by atoms with Gasteiger partial charge in [-0.05, 0) is 55.8 Å². The van der Waals surface area contributed by atoms with Crippen molar-refractivity contribution in [2.75, 3.05) is 11.8 Å². The van der Waals surface area contributed by atoms with Crippen molar-refractivity contribution in [3.05, 3.63) is 47.8 Å². The van der Waals surface area contributed by atoms with Crippen molar-refractivity contribution in [1.29, 1.82) is 0 Å². The Balaban J connectivity index is 1.95. The molecular formula is C17H19N3O3S. The first-order chi connectivity index (χ1) is 11.3. The van der Waals surface area contributed by atoms with Gasteiger partial charge >= 0.3 is 0 Å². The first-order valence-corrected chi connectivity index (χ1v) is 8.90. The van der Waals surface area contributed by atoms with Crippen molar-refractivity contribution in [3.8, 4) is 5.75 Å². The monoisotopic (exact) mass is 345 g/mol. The Hall–Kier alpha value is -2.54. The Morgan fingerprint density at radius 1 is 1.12 bits per heavy atom. The summed E-state index contributed by atoms with van der Waals surface area (Å²) in [6.07, 6.45) is 0. The molecular weight excluding hydrogens is 326 g/mol. The van der Waals surface area contributed by atoms with Gasteiger partial charge in [0.25, 0.3) is 10.0 Å². The molecule has 3 rings (SSSR count). The maximum Gasteiger partial charge on any atom is 0.261 e. The standard InChI is InChI=1S/C17H19N3O3S/c1-11-9-14(6-8-17(11)23-4)24(21,22)19-13-5-7-16-15(10-13)18-12(2)20(16)3/h5-10,19H,1-4H3. The molecule has 0 fully saturated rings. The Morgan fingerprint density at radius 3 is 2.54 bits per heavy atom. The van der Waals surface area contributed by atoms with Gasteiger partial charge in [0, 0.05) is 7.05 Å². The van der Waals surface area contributed by atoms with Gasteiger partial charge in [0.2, 0.25) is 0 Å². The van der Waals surface area contributed by atoms with Crippen molar-refractivity contribution in [2.45, 2.75) is 18.7 Å². The number of aryl methyl sites for hydroxylation is 3. The minimum absolute atomic E-state index is 0.193. The molecule has 0 saturated carbocycles. The molecule has 6 nitrogen and oxygen atoms in total. The van der Waals surface area contributed by atoms with Crippen LogP contribution in [0.2, 0.25) is 0 Å². The molecule has 2 aromatic carbocycles. The van der Waals surface area contributed by atoms with E-state index in [1.165, 1.54) is 6.07 Å². The molecule has 3 aromatic rings. The van der Waals surface area contributed by atoms with Crippen LogP contribution in [0.5, 0.6) is 5.75 Å². The van der Waals surface area contributed by atoms with Crippen molar-refractivity contribution < 1.29 is 13.2 Å². The number of sulfonamides is 1. The molecule has 0 unspecified atom stereocenters. The summed E-state index contributed by atoms with van der Waals surface area (Å²) >= 11 is 0. The molecule has 0 spiro atoms. The molecule has 0 amide bonds. The molecule has 1 N–H and O–H groups in total. The number of fused-ring (bicyclic) bond motifs is 1. The van der Waals surface area contributed by atoms with Gasteiger partial charge in [-0.25, -0.2) is 13.4 Å². The van der Waals surface area contributed by atoms with E-state index in [0.717, 1.165) is 22.4 Å². The van der Waals surface area contributed by atoms with E-state index in [-0.39, 0.29) is 4.90 Å². The van der Waals surface area contributed by atoms with Gasteiger partial charge in [0.1, 0.15) is 11.6 Å². The van der Waals surface area contributed by atoms with Crippen LogP contribution in [0.3, 0.4) is 0 Å². The highest BCUT2D eigenvalue weighted by molar-refractivity contribution is 7.92. The third kappa shape index (κ3) is 2.82. The molecule has 0 saturated heterocycles. The second-order valence-corrected chi connectivity index (χ2v) is 7.34. The smallest absolute Gasteiger partial charge is 0.261 e. The lowest BCUT2D eigenvalue weighted by molar-refractivity contribution is 0.411. The maximum atomic E-state index is 12.6. The lowest BCUT2D eigenvalue weighted by Gasteiger charge is -2.10. The Bertz CT molecular complexity index is 1020. The van der Waals surface area contributed by atoms with Crippen molar-refractivity contribution >= 4 is 26.7 Å². The molecule has 0 radical (unpaired) electrons. The molecule has 1 heterocycles. The Kier molecular flexibility index (Phi) is 3.96. The molecule has 1 aromatic heterocycles. The van der Waals surface area contributed by atoms with Crippen LogP contribution in [0.4, 0.5) is 5.69 Å². The maximum absolute atomic E-state index is 12.6. The minimum atomic E-state index is -3.67. The second kappa shape index (κ2) is 5.83. The van der Waals surface area contributed by atoms with Crippen LogP contribution in [-0.2, 0) is 17.1 Å². The van der Waals surface area contributed by atoms with Crippen LogP contribution >= 0.6 is 0 Å². The zero-order valence-corrected chi connectivity index (χ0v) is 14.8. The van der Waals surface area contributed by atoms with Gasteiger partial charge in [0.15, 0.2) is 0 Å². The van der Waals surface area contributed by atoms with Crippen molar-refractivity contribution in [2.24, 2.45) is 7.05 Å². The van der Waals surface area contributed by atoms with Crippen LogP contribution in [0.15, 0.2) is 41.3 Å². The highest BCUT2D eigenvalue weighted by Crippen LogP contribution is 2.25. The lowest BCUT2D eigenvalue weighted by atomic mass is 10.2. The predicted octanol–water partition coefficient (Wildman–Crippen LogP) is 3.00. The number of nitrogens with one attached hydrogen (secondary N) is 1. The van der Waals surface area contributed by atoms with Gasteiger partial charge in [-0.3, -0.25) is 4.72 Å². The van der Waals surface area contributed by atoms with Gasteiger partial charge < -0.3 is 9.30 Å². The summed E-state index contributed by atoms with van der Waals surface area (Å²) in [5.74, 6) is 1.52. The largest absolute Gasteiger partial charge is 0.496 e. The van der Waals surface area contributed by atoms with E-state index < -0.39 is 10.0 Å². The number of methoxy groups -OCH3 is 1. The van der Waals surface area contributed by atoms with E-state index in [1.807, 2.05) is 24.6 Å². The molecule has 0 aliphatic heterocycles. The Labute approximate surface area is 141 Å². The van der Waals surface area contributed by atoms with E-state index in [2.05, 4.69) is 9.71 Å². The van der Waals surface area contributed by atoms with Crippen LogP contribution in [-0.4, -0.2) is 25.1 Å². The fraction of sp³-hybridized carbons (Fsp3) is 0.235. The minimum Gasteiger partial charge on any atom is -0.496 e. The van der Waals surface area contributed by atoms with Crippen molar-refractivity contribution in [1.82, 2.24) is 9.55 Å². The summed E-state index contributed by atoms with van der Waals surface area (Å²) in [5.41, 5.74) is 2.95. The average molecular weight is 345 g/mol. The highest BCUT2D eigenvalue weighted by atomic mass is 32.2. The number of rotatable bonds is 4. The molecule has 24 heavy (non-hydrogen) atoms. The zero-order chi connectivity index (χ0) is 17.5. The molecule has 0 aliphatic carbocycles. The van der Waals surface area contributed by atoms with E-state index in [0.29, 0.717) is 11.4 Å². The fourth-order valence-electron chi connectivity index (χ4n) is 2.62. The van der Waals surface area contributed by atoms with E-state index in [9.17, 15) is 8.42 Å². The van der Waals surface area contributed by atoms with Gasteiger partial charge in [-0.1, -0.05) is 0 Å². The van der Waals surface area contributed by atoms with Crippen LogP contribution in [0.1, 0.15) is 11.4 Å². The molecule has 0 aliphatic rings. The van der Waals surface area contributed by atoms with Gasteiger partial charge in [-0.15, -0.1) is 0 Å². The van der Waals surface area contributed by atoms with E-state index >= 15 is 0 Å². The summed E-state index contributed by atoms with van der Waals surface area (Å²) in [6.45, 7) is 3.71. The normalized spacial score (nSPS) is 11.7. The quantitative estimate of drug-likeness (QED) is 0.789. The molecule has 0 atom stereocenters. The molecule has 0 bridgehead atoms. The summed E-state index contributed by atoms with van der Waals surface area (Å²) < 4.78 is 34.9. The van der Waals surface area contributed by atoms with Gasteiger partial charge in [0.05, 0.1) is 28.7 Å². The topological polar surface area (TPSA) is 73.2 Å². The summed E-state index contributed by atoms with van der Waals surface area (Å²) in [7, 11) is -0.193. The number of ether oxygens (including phenoxy) is 1. The predicted molar refractivity (Wildman–Crippen MR) is 94.0 cm³/mol. The summed E-state index contributed by atoms with van der Waals surface area (Å²) in [6, 6.07) is 10.1. The second-order valence-electron chi connectivity index (χ2n) is 5.66. The van der Waals surface area contributed by atoms with Gasteiger partial charge in [-0.2, -0.15) is 0 Å². The molecule has 126 valence electrons. The lowest BCUT2D eigenvalue weighted by Crippen LogP contribution is -2.13. The first-order valence-electron chi connectivity index (χ1n) is 7.42. The number of nitrogens with zero attached hydrogens (tertiary/aromatic N) is 2. The number of anilines is 1. The number of hydrogen-bond acceptors (Lipinski definition) is 4. The number of benzene rings is 2. The average Bonchev–Trinajstić information content (AvgIpc) is 2.81. The first kappa shape index (κ1) is 16.3. The van der Waals surface area contributed by atoms with E-state index in [4.69, 9.17) is 4.74 Å². The number of aromatic nitrogens is 2. The third-order valence-corrected chi connectivity index (χ3v) is 5.41. The van der Waals surface area contributed by atoms with Crippen LogP contribution < -0.4 is 9.46 Å². The zero-order valence-electron chi connectivity index (χ0n) is 14.0. The SMILES string of the molecule is COc1ccc(S(=O)(=O)Nc2ccc3c(c2)nc(C)n3C)cc1C. The molecule has 7 heteroatoms. The van der Waals surface area contributed by atoms with Crippen LogP contribution in [0, 0.1) is 13.8 Å². The van der Waals surface area contributed by atoms with Crippen molar-refractivity contribution in [3.63, 3.8) is 0 Å². The number of hydrogen-bond donors (Lipinski definition) is 1. The number of imidazole rings is 1. The Morgan fingerprint density at radius 2 is 1.88 bits per heavy atom. The van der Waals surface area contributed by atoms with E-state index in [1.54, 1.807) is 38.3 Å². The fourth-order valence-corrected chi connectivity index (χ4v) is 3.75. The summed E-state index contributed by atoms with van der Waals surface area (Å²) in [5, 5.41) is 0. The van der Waals surface area contributed by atoms with Crippen LogP contribution in [0.25, 0.3) is 11.0 Å². The highest BCUT2D eigenvalue weighted by Gasteiger charge is 2.16.